The zero-order valence-electron chi connectivity index (χ0n) is 13.1. The zero-order valence-corrected chi connectivity index (χ0v) is 14.7. The van der Waals surface area contributed by atoms with Gasteiger partial charge in [0.05, 0.1) is 5.92 Å². The van der Waals surface area contributed by atoms with Crippen LogP contribution in [0.4, 0.5) is 0 Å². The molecule has 0 aliphatic heterocycles. The van der Waals surface area contributed by atoms with Crippen molar-refractivity contribution in [1.82, 2.24) is 5.32 Å². The standard InChI is InChI=1S/C17H25NO2.2ClH/c1-2-3-6-13(17(19)20)9-10-18-16-11-14-7-4-5-8-15(14)12-16;;/h4-5,7-8,13,16,18H,2-3,6,9-12H2,1H3,(H,19,20);2*1H. The summed E-state index contributed by atoms with van der Waals surface area (Å²) in [6.45, 7) is 2.91. The Bertz CT molecular complexity index is 429. The number of benzene rings is 1. The number of nitrogens with one attached hydrogen (secondary N) is 1. The maximum atomic E-state index is 11.2. The summed E-state index contributed by atoms with van der Waals surface area (Å²) in [5.74, 6) is -0.832. The molecule has 1 aromatic carbocycles. The number of hydrogen-bond acceptors (Lipinski definition) is 2. The lowest BCUT2D eigenvalue weighted by atomic mass is 9.98. The third-order valence-electron chi connectivity index (χ3n) is 4.23. The monoisotopic (exact) mass is 347 g/mol. The van der Waals surface area contributed by atoms with Crippen molar-refractivity contribution in [3.8, 4) is 0 Å². The van der Waals surface area contributed by atoms with E-state index >= 15 is 0 Å². The third kappa shape index (κ3) is 6.15. The maximum absolute atomic E-state index is 11.2. The number of fused-ring (bicyclic) bond motifs is 1. The van der Waals surface area contributed by atoms with Crippen molar-refractivity contribution in [3.05, 3.63) is 35.4 Å². The quantitative estimate of drug-likeness (QED) is 0.750. The number of carbonyl (C=O) groups is 1. The summed E-state index contributed by atoms with van der Waals surface area (Å²) in [7, 11) is 0. The van der Waals surface area contributed by atoms with Crippen LogP contribution >= 0.6 is 24.8 Å². The van der Waals surface area contributed by atoms with Crippen LogP contribution in [0.25, 0.3) is 0 Å². The van der Waals surface area contributed by atoms with E-state index in [1.54, 1.807) is 0 Å². The summed E-state index contributed by atoms with van der Waals surface area (Å²) >= 11 is 0. The Hall–Kier alpha value is -0.770. The number of unbranched alkanes of at least 4 members (excludes halogenated alkanes) is 1. The van der Waals surface area contributed by atoms with Crippen molar-refractivity contribution in [3.63, 3.8) is 0 Å². The van der Waals surface area contributed by atoms with Crippen LogP contribution in [0.5, 0.6) is 0 Å². The Morgan fingerprint density at radius 2 is 1.82 bits per heavy atom. The predicted octanol–water partition coefficient (Wildman–Crippen LogP) is 3.87. The molecule has 1 atom stereocenters. The molecule has 0 saturated heterocycles. The van der Waals surface area contributed by atoms with Crippen molar-refractivity contribution in [2.45, 2.75) is 51.5 Å². The van der Waals surface area contributed by atoms with E-state index in [9.17, 15) is 9.90 Å². The van der Waals surface area contributed by atoms with Crippen molar-refractivity contribution in [2.24, 2.45) is 5.92 Å². The van der Waals surface area contributed by atoms with Crippen molar-refractivity contribution in [1.29, 1.82) is 0 Å². The highest BCUT2D eigenvalue weighted by Crippen LogP contribution is 2.22. The summed E-state index contributed by atoms with van der Waals surface area (Å²) in [4.78, 5) is 11.2. The summed E-state index contributed by atoms with van der Waals surface area (Å²) in [6, 6.07) is 9.04. The first-order valence-electron chi connectivity index (χ1n) is 7.73. The smallest absolute Gasteiger partial charge is 0.306 e. The van der Waals surface area contributed by atoms with Gasteiger partial charge in [0.25, 0.3) is 0 Å². The van der Waals surface area contributed by atoms with Crippen LogP contribution in [-0.4, -0.2) is 23.7 Å². The van der Waals surface area contributed by atoms with Gasteiger partial charge in [-0.1, -0.05) is 44.0 Å². The highest BCUT2D eigenvalue weighted by Gasteiger charge is 2.21. The first kappa shape index (κ1) is 21.2. The summed E-state index contributed by atoms with van der Waals surface area (Å²) in [5.41, 5.74) is 2.87. The van der Waals surface area contributed by atoms with E-state index in [1.807, 2.05) is 0 Å². The lowest BCUT2D eigenvalue weighted by molar-refractivity contribution is -0.142. The SMILES string of the molecule is CCCCC(CCNC1Cc2ccccc2C1)C(=O)O.Cl.Cl. The van der Waals surface area contributed by atoms with E-state index < -0.39 is 5.97 Å². The molecule has 0 aromatic heterocycles. The topological polar surface area (TPSA) is 49.3 Å². The van der Waals surface area contributed by atoms with Gasteiger partial charge in [-0.25, -0.2) is 0 Å². The molecule has 0 radical (unpaired) electrons. The molecule has 3 nitrogen and oxygen atoms in total. The summed E-state index contributed by atoms with van der Waals surface area (Å²) in [6.07, 6.45) is 5.76. The van der Waals surface area contributed by atoms with Gasteiger partial charge in [0.1, 0.15) is 0 Å². The third-order valence-corrected chi connectivity index (χ3v) is 4.23. The predicted molar refractivity (Wildman–Crippen MR) is 95.4 cm³/mol. The second kappa shape index (κ2) is 10.9. The average molecular weight is 348 g/mol. The van der Waals surface area contributed by atoms with Gasteiger partial charge >= 0.3 is 5.97 Å². The number of carboxylic acid groups (broad SMARTS) is 1. The summed E-state index contributed by atoms with van der Waals surface area (Å²) in [5, 5.41) is 12.7. The van der Waals surface area contributed by atoms with Gasteiger partial charge in [-0.3, -0.25) is 4.79 Å². The lowest BCUT2D eigenvalue weighted by Gasteiger charge is -2.15. The van der Waals surface area contributed by atoms with Crippen LogP contribution in [-0.2, 0) is 17.6 Å². The Labute approximate surface area is 145 Å². The lowest BCUT2D eigenvalue weighted by Crippen LogP contribution is -2.32. The first-order valence-corrected chi connectivity index (χ1v) is 7.73. The molecule has 1 aromatic rings. The number of hydrogen-bond donors (Lipinski definition) is 2. The van der Waals surface area contributed by atoms with Crippen LogP contribution in [0.15, 0.2) is 24.3 Å². The molecule has 126 valence electrons. The van der Waals surface area contributed by atoms with Gasteiger partial charge in [0, 0.05) is 6.04 Å². The molecule has 0 fully saturated rings. The van der Waals surface area contributed by atoms with Gasteiger partial charge < -0.3 is 10.4 Å². The van der Waals surface area contributed by atoms with Gasteiger partial charge in [0.2, 0.25) is 0 Å². The minimum Gasteiger partial charge on any atom is -0.481 e. The second-order valence-corrected chi connectivity index (χ2v) is 5.79. The first-order chi connectivity index (χ1) is 9.70. The average Bonchev–Trinajstić information content (AvgIpc) is 2.84. The fraction of sp³-hybridized carbons (Fsp3) is 0.588. The molecule has 1 aliphatic carbocycles. The molecule has 5 heteroatoms. The van der Waals surface area contributed by atoms with E-state index in [4.69, 9.17) is 0 Å². The number of rotatable bonds is 8. The molecule has 0 bridgehead atoms. The van der Waals surface area contributed by atoms with Gasteiger partial charge in [0.15, 0.2) is 0 Å². The number of aliphatic carboxylic acids is 1. The fourth-order valence-corrected chi connectivity index (χ4v) is 3.01. The van der Waals surface area contributed by atoms with Crippen molar-refractivity contribution < 1.29 is 9.90 Å². The molecular formula is C17H27Cl2NO2. The molecule has 0 spiro atoms. The zero-order chi connectivity index (χ0) is 14.4. The van der Waals surface area contributed by atoms with Crippen LogP contribution in [0.1, 0.15) is 43.7 Å². The largest absolute Gasteiger partial charge is 0.481 e. The molecule has 2 rings (SSSR count). The maximum Gasteiger partial charge on any atom is 0.306 e. The molecule has 0 amide bonds. The van der Waals surface area contributed by atoms with E-state index in [2.05, 4.69) is 36.5 Å². The Morgan fingerprint density at radius 1 is 1.23 bits per heavy atom. The van der Waals surface area contributed by atoms with Crippen LogP contribution in [0, 0.1) is 5.92 Å². The molecular weight excluding hydrogens is 321 g/mol. The number of halogens is 2. The highest BCUT2D eigenvalue weighted by molar-refractivity contribution is 5.85. The van der Waals surface area contributed by atoms with E-state index in [-0.39, 0.29) is 30.7 Å². The molecule has 0 saturated carbocycles. The van der Waals surface area contributed by atoms with Gasteiger partial charge in [-0.2, -0.15) is 0 Å². The molecule has 0 heterocycles. The van der Waals surface area contributed by atoms with Gasteiger partial charge in [-0.15, -0.1) is 24.8 Å². The molecule has 2 N–H and O–H groups in total. The van der Waals surface area contributed by atoms with Crippen LogP contribution in [0.3, 0.4) is 0 Å². The van der Waals surface area contributed by atoms with E-state index in [0.29, 0.717) is 6.04 Å². The number of carboxylic acids is 1. The minimum absolute atomic E-state index is 0. The summed E-state index contributed by atoms with van der Waals surface area (Å²) < 4.78 is 0. The molecule has 1 unspecified atom stereocenters. The molecule has 22 heavy (non-hydrogen) atoms. The van der Waals surface area contributed by atoms with E-state index in [1.165, 1.54) is 11.1 Å². The Balaban J connectivity index is 0.00000220. The van der Waals surface area contributed by atoms with E-state index in [0.717, 1.165) is 45.1 Å². The fourth-order valence-electron chi connectivity index (χ4n) is 3.01. The molecule has 1 aliphatic rings. The van der Waals surface area contributed by atoms with Crippen LogP contribution < -0.4 is 5.32 Å². The minimum atomic E-state index is -0.644. The Kier molecular flexibility index (Phi) is 10.5. The van der Waals surface area contributed by atoms with Crippen LogP contribution in [0.2, 0.25) is 0 Å². The Morgan fingerprint density at radius 3 is 2.32 bits per heavy atom. The van der Waals surface area contributed by atoms with Gasteiger partial charge in [-0.05, 0) is 43.4 Å². The van der Waals surface area contributed by atoms with Crippen molar-refractivity contribution >= 4 is 30.8 Å². The normalized spacial score (nSPS) is 14.6. The highest BCUT2D eigenvalue weighted by atomic mass is 35.5. The second-order valence-electron chi connectivity index (χ2n) is 5.79. The van der Waals surface area contributed by atoms with Crippen molar-refractivity contribution in [2.75, 3.05) is 6.54 Å².